The summed E-state index contributed by atoms with van der Waals surface area (Å²) in [6.07, 6.45) is 7.25. The van der Waals surface area contributed by atoms with Crippen molar-refractivity contribution in [2.24, 2.45) is 0 Å². The van der Waals surface area contributed by atoms with Gasteiger partial charge >= 0.3 is 0 Å². The lowest BCUT2D eigenvalue weighted by atomic mass is 10.2. The third-order valence-electron chi connectivity index (χ3n) is 4.71. The van der Waals surface area contributed by atoms with Gasteiger partial charge in [-0.3, -0.25) is 4.79 Å². The maximum Gasteiger partial charge on any atom is 0.255 e. The van der Waals surface area contributed by atoms with Gasteiger partial charge in [0, 0.05) is 49.8 Å². The SMILES string of the molecule is CN1CCN(c2ncc(NC(=O)c3ccc(-n4cccc4)cc3)cn2)CC1. The molecule has 7 heteroatoms. The molecule has 0 aliphatic carbocycles. The second-order valence-corrected chi connectivity index (χ2v) is 6.65. The molecule has 0 unspecified atom stereocenters. The molecule has 1 fully saturated rings. The molecule has 0 bridgehead atoms. The van der Waals surface area contributed by atoms with Crippen LogP contribution in [0.15, 0.2) is 61.2 Å². The number of hydrogen-bond acceptors (Lipinski definition) is 5. The molecule has 27 heavy (non-hydrogen) atoms. The molecular weight excluding hydrogens is 340 g/mol. The van der Waals surface area contributed by atoms with Crippen molar-refractivity contribution in [3.63, 3.8) is 0 Å². The molecule has 1 aliphatic rings. The van der Waals surface area contributed by atoms with E-state index in [1.807, 2.05) is 53.4 Å². The van der Waals surface area contributed by atoms with E-state index in [0.717, 1.165) is 31.9 Å². The number of carbonyl (C=O) groups is 1. The summed E-state index contributed by atoms with van der Waals surface area (Å²) in [5.74, 6) is 0.530. The van der Waals surface area contributed by atoms with Crippen molar-refractivity contribution in [1.82, 2.24) is 19.4 Å². The van der Waals surface area contributed by atoms with Gasteiger partial charge in [-0.25, -0.2) is 9.97 Å². The molecule has 0 radical (unpaired) electrons. The second kappa shape index (κ2) is 7.59. The predicted octanol–water partition coefficient (Wildman–Crippen LogP) is 2.27. The summed E-state index contributed by atoms with van der Waals surface area (Å²) < 4.78 is 1.99. The maximum absolute atomic E-state index is 12.4. The van der Waals surface area contributed by atoms with Crippen molar-refractivity contribution in [3.05, 3.63) is 66.7 Å². The lowest BCUT2D eigenvalue weighted by Gasteiger charge is -2.32. The van der Waals surface area contributed by atoms with E-state index in [4.69, 9.17) is 0 Å². The molecule has 2 aromatic heterocycles. The van der Waals surface area contributed by atoms with E-state index in [1.54, 1.807) is 12.4 Å². The summed E-state index contributed by atoms with van der Waals surface area (Å²) >= 11 is 0. The van der Waals surface area contributed by atoms with Crippen LogP contribution >= 0.6 is 0 Å². The topological polar surface area (TPSA) is 66.3 Å². The lowest BCUT2D eigenvalue weighted by Crippen LogP contribution is -2.45. The minimum Gasteiger partial charge on any atom is -0.338 e. The van der Waals surface area contributed by atoms with Crippen molar-refractivity contribution in [2.75, 3.05) is 43.4 Å². The van der Waals surface area contributed by atoms with E-state index in [-0.39, 0.29) is 5.91 Å². The van der Waals surface area contributed by atoms with Gasteiger partial charge in [-0.05, 0) is 43.4 Å². The van der Waals surface area contributed by atoms with Gasteiger partial charge in [-0.1, -0.05) is 0 Å². The van der Waals surface area contributed by atoms with Gasteiger partial charge in [0.25, 0.3) is 5.91 Å². The summed E-state index contributed by atoms with van der Waals surface area (Å²) in [5, 5.41) is 2.85. The Bertz CT molecular complexity index is 881. The summed E-state index contributed by atoms with van der Waals surface area (Å²) in [7, 11) is 2.11. The Labute approximate surface area is 158 Å². The van der Waals surface area contributed by atoms with Crippen LogP contribution in [0.5, 0.6) is 0 Å². The number of piperazine rings is 1. The number of benzene rings is 1. The van der Waals surface area contributed by atoms with Crippen LogP contribution in [0.25, 0.3) is 5.69 Å². The smallest absolute Gasteiger partial charge is 0.255 e. The summed E-state index contributed by atoms with van der Waals surface area (Å²) in [5.41, 5.74) is 2.19. The van der Waals surface area contributed by atoms with E-state index in [1.165, 1.54) is 0 Å². The van der Waals surface area contributed by atoms with E-state index in [0.29, 0.717) is 17.2 Å². The van der Waals surface area contributed by atoms with Crippen LogP contribution in [0.4, 0.5) is 11.6 Å². The highest BCUT2D eigenvalue weighted by Crippen LogP contribution is 2.14. The number of carbonyl (C=O) groups excluding carboxylic acids is 1. The van der Waals surface area contributed by atoms with Gasteiger partial charge in [0.05, 0.1) is 18.1 Å². The number of likely N-dealkylation sites (N-methyl/N-ethyl adjacent to an activating group) is 1. The quantitative estimate of drug-likeness (QED) is 0.771. The van der Waals surface area contributed by atoms with E-state index >= 15 is 0 Å². The van der Waals surface area contributed by atoms with Crippen molar-refractivity contribution in [2.45, 2.75) is 0 Å². The Kier molecular flexibility index (Phi) is 4.84. The highest BCUT2D eigenvalue weighted by molar-refractivity contribution is 6.04. The molecule has 3 heterocycles. The van der Waals surface area contributed by atoms with Gasteiger partial charge in [0.15, 0.2) is 0 Å². The average Bonchev–Trinajstić information content (AvgIpc) is 3.24. The van der Waals surface area contributed by atoms with Crippen molar-refractivity contribution < 1.29 is 4.79 Å². The maximum atomic E-state index is 12.4. The molecule has 4 rings (SSSR count). The summed E-state index contributed by atoms with van der Waals surface area (Å²) in [6, 6.07) is 11.4. The Balaban J connectivity index is 1.39. The van der Waals surface area contributed by atoms with E-state index in [2.05, 4.69) is 32.1 Å². The number of nitrogens with one attached hydrogen (secondary N) is 1. The van der Waals surface area contributed by atoms with Crippen LogP contribution in [-0.2, 0) is 0 Å². The molecule has 3 aromatic rings. The van der Waals surface area contributed by atoms with Gasteiger partial charge in [-0.15, -0.1) is 0 Å². The third kappa shape index (κ3) is 3.98. The first-order valence-corrected chi connectivity index (χ1v) is 8.99. The molecule has 1 N–H and O–H groups in total. The van der Waals surface area contributed by atoms with Crippen LogP contribution < -0.4 is 10.2 Å². The first-order chi connectivity index (χ1) is 13.2. The Hall–Kier alpha value is -3.19. The zero-order chi connectivity index (χ0) is 18.6. The monoisotopic (exact) mass is 362 g/mol. The van der Waals surface area contributed by atoms with Crippen LogP contribution in [0.2, 0.25) is 0 Å². The fourth-order valence-electron chi connectivity index (χ4n) is 3.05. The molecule has 7 nitrogen and oxygen atoms in total. The number of hydrogen-bond donors (Lipinski definition) is 1. The first-order valence-electron chi connectivity index (χ1n) is 8.99. The second-order valence-electron chi connectivity index (χ2n) is 6.65. The van der Waals surface area contributed by atoms with Gasteiger partial charge in [0.1, 0.15) is 0 Å². The summed E-state index contributed by atoms with van der Waals surface area (Å²) in [4.78, 5) is 25.7. The zero-order valence-electron chi connectivity index (χ0n) is 15.2. The molecule has 0 atom stereocenters. The third-order valence-corrected chi connectivity index (χ3v) is 4.71. The number of rotatable bonds is 4. The average molecular weight is 362 g/mol. The fourth-order valence-corrected chi connectivity index (χ4v) is 3.05. The van der Waals surface area contributed by atoms with Crippen LogP contribution in [0.1, 0.15) is 10.4 Å². The molecule has 1 aromatic carbocycles. The minimum atomic E-state index is -0.176. The number of amides is 1. The fraction of sp³-hybridized carbons (Fsp3) is 0.250. The molecule has 0 saturated carbocycles. The highest BCUT2D eigenvalue weighted by Gasteiger charge is 2.16. The standard InChI is InChI=1S/C20H22N6O/c1-24-10-12-26(13-11-24)20-21-14-17(15-22-20)23-19(27)16-4-6-18(7-5-16)25-8-2-3-9-25/h2-9,14-15H,10-13H2,1H3,(H,23,27). The molecule has 1 saturated heterocycles. The lowest BCUT2D eigenvalue weighted by molar-refractivity contribution is 0.102. The molecule has 1 amide bonds. The van der Waals surface area contributed by atoms with Crippen molar-refractivity contribution in [1.29, 1.82) is 0 Å². The highest BCUT2D eigenvalue weighted by atomic mass is 16.1. The number of aromatic nitrogens is 3. The predicted molar refractivity (Wildman–Crippen MR) is 105 cm³/mol. The van der Waals surface area contributed by atoms with E-state index < -0.39 is 0 Å². The van der Waals surface area contributed by atoms with Crippen LogP contribution in [0, 0.1) is 0 Å². The van der Waals surface area contributed by atoms with Gasteiger partial charge in [0.2, 0.25) is 5.95 Å². The first kappa shape index (κ1) is 17.2. The van der Waals surface area contributed by atoms with Gasteiger partial charge in [-0.2, -0.15) is 0 Å². The molecular formula is C20H22N6O. The molecule has 0 spiro atoms. The normalized spacial score (nSPS) is 14.9. The Morgan fingerprint density at radius 1 is 0.963 bits per heavy atom. The van der Waals surface area contributed by atoms with E-state index in [9.17, 15) is 4.79 Å². The van der Waals surface area contributed by atoms with Crippen LogP contribution in [-0.4, -0.2) is 58.6 Å². The summed E-state index contributed by atoms with van der Waals surface area (Å²) in [6.45, 7) is 3.83. The molecule has 1 aliphatic heterocycles. The minimum absolute atomic E-state index is 0.176. The van der Waals surface area contributed by atoms with Crippen LogP contribution in [0.3, 0.4) is 0 Å². The number of nitrogens with zero attached hydrogens (tertiary/aromatic N) is 5. The van der Waals surface area contributed by atoms with Gasteiger partial charge < -0.3 is 19.7 Å². The zero-order valence-corrected chi connectivity index (χ0v) is 15.2. The Morgan fingerprint density at radius 3 is 2.22 bits per heavy atom. The van der Waals surface area contributed by atoms with Crippen molar-refractivity contribution in [3.8, 4) is 5.69 Å². The Morgan fingerprint density at radius 2 is 1.59 bits per heavy atom. The molecule has 138 valence electrons. The largest absolute Gasteiger partial charge is 0.338 e. The number of anilines is 2. The van der Waals surface area contributed by atoms with Crippen molar-refractivity contribution >= 4 is 17.5 Å².